The first-order valence-electron chi connectivity index (χ1n) is 5.62. The quantitative estimate of drug-likeness (QED) is 0.692. The average Bonchev–Trinajstić information content (AvgIpc) is 2.12. The molecular weight excluding hydrogens is 208 g/mol. The van der Waals surface area contributed by atoms with E-state index in [0.29, 0.717) is 6.54 Å². The Labute approximate surface area is 95.8 Å². The van der Waals surface area contributed by atoms with Gasteiger partial charge in [0, 0.05) is 18.5 Å². The van der Waals surface area contributed by atoms with E-state index in [-0.39, 0.29) is 24.3 Å². The molecule has 1 aliphatic carbocycles. The Bertz CT molecular complexity index is 272. The maximum atomic E-state index is 11.4. The summed E-state index contributed by atoms with van der Waals surface area (Å²) in [6, 6.07) is 0. The van der Waals surface area contributed by atoms with Crippen LogP contribution < -0.4 is 5.32 Å². The third kappa shape index (κ3) is 3.20. The minimum atomic E-state index is -0.930. The number of nitrogens with zero attached hydrogens (tertiary/aromatic N) is 1. The van der Waals surface area contributed by atoms with Crippen LogP contribution in [-0.4, -0.2) is 48.1 Å². The summed E-state index contributed by atoms with van der Waals surface area (Å²) in [4.78, 5) is 23.8. The van der Waals surface area contributed by atoms with Crippen LogP contribution in [0.5, 0.6) is 0 Å². The molecule has 1 rings (SSSR count). The number of rotatable bonds is 6. The smallest absolute Gasteiger partial charge is 0.303 e. The molecule has 5 heteroatoms. The van der Waals surface area contributed by atoms with E-state index >= 15 is 0 Å². The first-order valence-corrected chi connectivity index (χ1v) is 5.62. The van der Waals surface area contributed by atoms with Crippen LogP contribution in [0.3, 0.4) is 0 Å². The van der Waals surface area contributed by atoms with Gasteiger partial charge in [-0.15, -0.1) is 0 Å². The number of amides is 1. The Morgan fingerprint density at radius 3 is 2.31 bits per heavy atom. The highest BCUT2D eigenvalue weighted by molar-refractivity contribution is 5.80. The van der Waals surface area contributed by atoms with Gasteiger partial charge in [0.2, 0.25) is 5.91 Å². The van der Waals surface area contributed by atoms with Crippen LogP contribution in [0.4, 0.5) is 0 Å². The van der Waals surface area contributed by atoms with Crippen molar-refractivity contribution in [3.05, 3.63) is 0 Å². The SMILES string of the molecule is CN(C)C1(CNC(=O)CCC(=O)O)CCC1. The lowest BCUT2D eigenvalue weighted by molar-refractivity contribution is -0.138. The third-order valence-corrected chi connectivity index (χ3v) is 3.41. The predicted octanol–water partition coefficient (Wildman–Crippen LogP) is 0.452. The summed E-state index contributed by atoms with van der Waals surface area (Å²) in [6.45, 7) is 0.623. The second-order valence-electron chi connectivity index (χ2n) is 4.64. The standard InChI is InChI=1S/C11H20N2O3/c1-13(2)11(6-3-7-11)8-12-9(14)4-5-10(15)16/h3-8H2,1-2H3,(H,12,14)(H,15,16). The zero-order valence-corrected chi connectivity index (χ0v) is 9.95. The molecule has 0 radical (unpaired) electrons. The van der Waals surface area contributed by atoms with Crippen molar-refractivity contribution in [3.8, 4) is 0 Å². The molecule has 0 aliphatic heterocycles. The van der Waals surface area contributed by atoms with Crippen molar-refractivity contribution in [3.63, 3.8) is 0 Å². The summed E-state index contributed by atoms with van der Waals surface area (Å²) in [6.07, 6.45) is 3.36. The Kier molecular flexibility index (Phi) is 4.29. The number of aliphatic carboxylic acids is 1. The molecule has 1 saturated carbocycles. The lowest BCUT2D eigenvalue weighted by atomic mass is 9.75. The van der Waals surface area contributed by atoms with Gasteiger partial charge in [-0.25, -0.2) is 0 Å². The molecule has 0 unspecified atom stereocenters. The minimum Gasteiger partial charge on any atom is -0.481 e. The highest BCUT2D eigenvalue weighted by atomic mass is 16.4. The fourth-order valence-corrected chi connectivity index (χ4v) is 1.94. The average molecular weight is 228 g/mol. The van der Waals surface area contributed by atoms with E-state index in [1.807, 2.05) is 14.1 Å². The Balaban J connectivity index is 2.27. The first-order chi connectivity index (χ1) is 7.46. The summed E-state index contributed by atoms with van der Waals surface area (Å²) >= 11 is 0. The van der Waals surface area contributed by atoms with Crippen LogP contribution in [0.25, 0.3) is 0 Å². The summed E-state index contributed by atoms with van der Waals surface area (Å²) in [7, 11) is 4.03. The van der Waals surface area contributed by atoms with Gasteiger partial charge in [-0.1, -0.05) is 0 Å². The number of hydrogen-bond acceptors (Lipinski definition) is 3. The molecule has 92 valence electrons. The van der Waals surface area contributed by atoms with E-state index in [9.17, 15) is 9.59 Å². The maximum Gasteiger partial charge on any atom is 0.303 e. The second-order valence-corrected chi connectivity index (χ2v) is 4.64. The summed E-state index contributed by atoms with van der Waals surface area (Å²) < 4.78 is 0. The molecule has 2 N–H and O–H groups in total. The number of hydrogen-bond donors (Lipinski definition) is 2. The highest BCUT2D eigenvalue weighted by Gasteiger charge is 2.38. The third-order valence-electron chi connectivity index (χ3n) is 3.41. The number of carboxylic acid groups (broad SMARTS) is 1. The number of carbonyl (C=O) groups is 2. The van der Waals surface area contributed by atoms with Crippen molar-refractivity contribution in [1.29, 1.82) is 0 Å². The molecule has 0 atom stereocenters. The summed E-state index contributed by atoms with van der Waals surface area (Å²) in [5, 5.41) is 11.3. The van der Waals surface area contributed by atoms with E-state index in [0.717, 1.165) is 12.8 Å². The topological polar surface area (TPSA) is 69.6 Å². The molecule has 1 fully saturated rings. The molecule has 0 aromatic rings. The monoisotopic (exact) mass is 228 g/mol. The first kappa shape index (κ1) is 13.0. The summed E-state index contributed by atoms with van der Waals surface area (Å²) in [5.41, 5.74) is 0.0961. The molecular formula is C11H20N2O3. The van der Waals surface area contributed by atoms with Gasteiger partial charge in [-0.2, -0.15) is 0 Å². The minimum absolute atomic E-state index is 0.0683. The van der Waals surface area contributed by atoms with E-state index in [1.54, 1.807) is 0 Å². The number of carbonyl (C=O) groups excluding carboxylic acids is 1. The lowest BCUT2D eigenvalue weighted by Gasteiger charge is -2.47. The number of likely N-dealkylation sites (N-methyl/N-ethyl adjacent to an activating group) is 1. The molecule has 16 heavy (non-hydrogen) atoms. The van der Waals surface area contributed by atoms with Crippen molar-refractivity contribution in [2.75, 3.05) is 20.6 Å². The predicted molar refractivity (Wildman–Crippen MR) is 60.1 cm³/mol. The normalized spacial score (nSPS) is 17.9. The molecule has 5 nitrogen and oxygen atoms in total. The van der Waals surface area contributed by atoms with Crippen LogP contribution in [0.1, 0.15) is 32.1 Å². The van der Waals surface area contributed by atoms with Crippen LogP contribution in [0, 0.1) is 0 Å². The van der Waals surface area contributed by atoms with Gasteiger partial charge < -0.3 is 15.3 Å². The fourth-order valence-electron chi connectivity index (χ4n) is 1.94. The molecule has 0 saturated heterocycles. The van der Waals surface area contributed by atoms with Gasteiger partial charge in [0.1, 0.15) is 0 Å². The van der Waals surface area contributed by atoms with Crippen molar-refractivity contribution in [1.82, 2.24) is 10.2 Å². The Hall–Kier alpha value is -1.10. The molecule has 0 spiro atoms. The Morgan fingerprint density at radius 2 is 1.94 bits per heavy atom. The van der Waals surface area contributed by atoms with Crippen molar-refractivity contribution < 1.29 is 14.7 Å². The molecule has 0 aromatic carbocycles. The van der Waals surface area contributed by atoms with Crippen molar-refractivity contribution >= 4 is 11.9 Å². The largest absolute Gasteiger partial charge is 0.481 e. The highest BCUT2D eigenvalue weighted by Crippen LogP contribution is 2.35. The Morgan fingerprint density at radius 1 is 1.31 bits per heavy atom. The lowest BCUT2D eigenvalue weighted by Crippen LogP contribution is -2.57. The summed E-state index contributed by atoms with van der Waals surface area (Å²) in [5.74, 6) is -1.10. The van der Waals surface area contributed by atoms with E-state index in [4.69, 9.17) is 5.11 Å². The van der Waals surface area contributed by atoms with Gasteiger partial charge in [0.25, 0.3) is 0 Å². The van der Waals surface area contributed by atoms with Crippen molar-refractivity contribution in [2.24, 2.45) is 0 Å². The molecule has 0 aromatic heterocycles. The van der Waals surface area contributed by atoms with Gasteiger partial charge in [-0.05, 0) is 33.4 Å². The molecule has 0 bridgehead atoms. The van der Waals surface area contributed by atoms with Crippen LogP contribution in [-0.2, 0) is 9.59 Å². The van der Waals surface area contributed by atoms with Crippen LogP contribution in [0.2, 0.25) is 0 Å². The molecule has 0 heterocycles. The second kappa shape index (κ2) is 5.30. The molecule has 1 amide bonds. The van der Waals surface area contributed by atoms with Crippen molar-refractivity contribution in [2.45, 2.75) is 37.6 Å². The van der Waals surface area contributed by atoms with E-state index in [2.05, 4.69) is 10.2 Å². The number of nitrogens with one attached hydrogen (secondary N) is 1. The van der Waals surface area contributed by atoms with Gasteiger partial charge in [0.15, 0.2) is 0 Å². The van der Waals surface area contributed by atoms with E-state index in [1.165, 1.54) is 6.42 Å². The zero-order valence-electron chi connectivity index (χ0n) is 9.95. The van der Waals surface area contributed by atoms with Crippen LogP contribution in [0.15, 0.2) is 0 Å². The molecule has 1 aliphatic rings. The van der Waals surface area contributed by atoms with Gasteiger partial charge in [0.05, 0.1) is 6.42 Å². The van der Waals surface area contributed by atoms with E-state index < -0.39 is 5.97 Å². The number of carboxylic acids is 1. The zero-order chi connectivity index (χ0) is 12.2. The van der Waals surface area contributed by atoms with Crippen LogP contribution >= 0.6 is 0 Å². The maximum absolute atomic E-state index is 11.4. The van der Waals surface area contributed by atoms with Gasteiger partial charge in [-0.3, -0.25) is 9.59 Å². The van der Waals surface area contributed by atoms with Gasteiger partial charge >= 0.3 is 5.97 Å². The fraction of sp³-hybridized carbons (Fsp3) is 0.818.